The number of nitrogens with zero attached hydrogens (tertiary/aromatic N) is 1. The SMILES string of the molecule is CCOC(=O)Nc1cc(N)nc(Cl)c1.Cl. The molecule has 5 nitrogen and oxygen atoms in total. The monoisotopic (exact) mass is 251 g/mol. The second-order valence-electron chi connectivity index (χ2n) is 2.45. The predicted octanol–water partition coefficient (Wildman–Crippen LogP) is 2.31. The molecule has 0 spiro atoms. The molecule has 0 aliphatic rings. The van der Waals surface area contributed by atoms with Gasteiger partial charge in [0, 0.05) is 6.07 Å². The van der Waals surface area contributed by atoms with Crippen LogP contribution in [0.4, 0.5) is 16.3 Å². The number of ether oxygens (including phenoxy) is 1. The quantitative estimate of drug-likeness (QED) is 0.791. The second-order valence-corrected chi connectivity index (χ2v) is 2.84. The number of rotatable bonds is 2. The van der Waals surface area contributed by atoms with Crippen molar-refractivity contribution in [3.63, 3.8) is 0 Å². The number of anilines is 2. The van der Waals surface area contributed by atoms with Crippen molar-refractivity contribution in [2.24, 2.45) is 0 Å². The van der Waals surface area contributed by atoms with Gasteiger partial charge < -0.3 is 10.5 Å². The number of nitrogens with two attached hydrogens (primary N) is 1. The normalized spacial score (nSPS) is 8.93. The van der Waals surface area contributed by atoms with Crippen LogP contribution >= 0.6 is 24.0 Å². The molecule has 3 N–H and O–H groups in total. The Morgan fingerprint density at radius 2 is 2.33 bits per heavy atom. The van der Waals surface area contributed by atoms with Crippen LogP contribution in [0.15, 0.2) is 12.1 Å². The summed E-state index contributed by atoms with van der Waals surface area (Å²) in [6, 6.07) is 2.97. The van der Waals surface area contributed by atoms with Gasteiger partial charge in [0.1, 0.15) is 11.0 Å². The van der Waals surface area contributed by atoms with Crippen molar-refractivity contribution in [1.29, 1.82) is 0 Å². The molecule has 15 heavy (non-hydrogen) atoms. The molecule has 0 atom stereocenters. The highest BCUT2D eigenvalue weighted by molar-refractivity contribution is 6.29. The molecule has 1 amide bonds. The molecule has 0 radical (unpaired) electrons. The molecule has 0 saturated carbocycles. The molecule has 0 aliphatic heterocycles. The van der Waals surface area contributed by atoms with Gasteiger partial charge in [0.25, 0.3) is 0 Å². The van der Waals surface area contributed by atoms with Crippen molar-refractivity contribution in [2.45, 2.75) is 6.92 Å². The van der Waals surface area contributed by atoms with Crippen LogP contribution in [0.5, 0.6) is 0 Å². The van der Waals surface area contributed by atoms with Crippen molar-refractivity contribution >= 4 is 41.6 Å². The summed E-state index contributed by atoms with van der Waals surface area (Å²) in [4.78, 5) is 14.7. The number of nitrogen functional groups attached to an aromatic ring is 1. The Balaban J connectivity index is 0.00000196. The summed E-state index contributed by atoms with van der Waals surface area (Å²) >= 11 is 5.63. The summed E-state index contributed by atoms with van der Waals surface area (Å²) in [6.45, 7) is 2.02. The molecular weight excluding hydrogens is 241 g/mol. The Kier molecular flexibility index (Phi) is 5.81. The number of carbonyl (C=O) groups is 1. The van der Waals surface area contributed by atoms with Crippen molar-refractivity contribution in [1.82, 2.24) is 4.98 Å². The van der Waals surface area contributed by atoms with E-state index in [1.165, 1.54) is 12.1 Å². The van der Waals surface area contributed by atoms with Crippen LogP contribution in [0, 0.1) is 0 Å². The zero-order chi connectivity index (χ0) is 10.6. The van der Waals surface area contributed by atoms with E-state index in [0.717, 1.165) is 0 Å². The van der Waals surface area contributed by atoms with Gasteiger partial charge in [-0.05, 0) is 13.0 Å². The molecule has 84 valence electrons. The Morgan fingerprint density at radius 3 is 2.87 bits per heavy atom. The maximum Gasteiger partial charge on any atom is 0.411 e. The number of nitrogens with one attached hydrogen (secondary N) is 1. The topological polar surface area (TPSA) is 77.2 Å². The first-order valence-electron chi connectivity index (χ1n) is 3.98. The number of hydrogen-bond acceptors (Lipinski definition) is 4. The van der Waals surface area contributed by atoms with Crippen LogP contribution in [0.2, 0.25) is 5.15 Å². The van der Waals surface area contributed by atoms with E-state index in [1.54, 1.807) is 6.92 Å². The zero-order valence-corrected chi connectivity index (χ0v) is 9.56. The van der Waals surface area contributed by atoms with Crippen molar-refractivity contribution in [3.8, 4) is 0 Å². The van der Waals surface area contributed by atoms with E-state index in [2.05, 4.69) is 15.0 Å². The fourth-order valence-electron chi connectivity index (χ4n) is 0.874. The molecular formula is C8H11Cl2N3O2. The lowest BCUT2D eigenvalue weighted by atomic mass is 10.4. The fraction of sp³-hybridized carbons (Fsp3) is 0.250. The first-order chi connectivity index (χ1) is 6.61. The zero-order valence-electron chi connectivity index (χ0n) is 7.99. The average Bonchev–Trinajstić information content (AvgIpc) is 2.01. The summed E-state index contributed by atoms with van der Waals surface area (Å²) in [5, 5.41) is 2.68. The van der Waals surface area contributed by atoms with Gasteiger partial charge in [0.2, 0.25) is 0 Å². The lowest BCUT2D eigenvalue weighted by Crippen LogP contribution is -2.13. The summed E-state index contributed by atoms with van der Waals surface area (Å²) < 4.78 is 4.67. The molecule has 0 unspecified atom stereocenters. The second kappa shape index (κ2) is 6.31. The molecule has 1 heterocycles. The number of pyridine rings is 1. The van der Waals surface area contributed by atoms with Gasteiger partial charge in [-0.1, -0.05) is 11.6 Å². The minimum atomic E-state index is -0.547. The van der Waals surface area contributed by atoms with Gasteiger partial charge in [-0.15, -0.1) is 12.4 Å². The van der Waals surface area contributed by atoms with Gasteiger partial charge in [-0.25, -0.2) is 9.78 Å². The summed E-state index contributed by atoms with van der Waals surface area (Å²) in [7, 11) is 0. The third kappa shape index (κ3) is 4.71. The maximum atomic E-state index is 11.0. The van der Waals surface area contributed by atoms with Gasteiger partial charge >= 0.3 is 6.09 Å². The minimum Gasteiger partial charge on any atom is -0.450 e. The van der Waals surface area contributed by atoms with Crippen LogP contribution in [-0.2, 0) is 4.74 Å². The number of carbonyl (C=O) groups excluding carboxylic acids is 1. The van der Waals surface area contributed by atoms with Crippen LogP contribution < -0.4 is 11.1 Å². The first kappa shape index (κ1) is 13.8. The summed E-state index contributed by atoms with van der Waals surface area (Å²) in [5.41, 5.74) is 5.88. The van der Waals surface area contributed by atoms with E-state index in [0.29, 0.717) is 12.3 Å². The lowest BCUT2D eigenvalue weighted by molar-refractivity contribution is 0.168. The minimum absolute atomic E-state index is 0. The molecule has 0 aromatic carbocycles. The van der Waals surface area contributed by atoms with E-state index in [4.69, 9.17) is 17.3 Å². The van der Waals surface area contributed by atoms with E-state index >= 15 is 0 Å². The number of amides is 1. The first-order valence-corrected chi connectivity index (χ1v) is 4.36. The van der Waals surface area contributed by atoms with Crippen LogP contribution in [0.3, 0.4) is 0 Å². The van der Waals surface area contributed by atoms with Gasteiger partial charge in [0.15, 0.2) is 0 Å². The fourth-order valence-corrected chi connectivity index (χ4v) is 1.09. The van der Waals surface area contributed by atoms with E-state index < -0.39 is 6.09 Å². The highest BCUT2D eigenvalue weighted by Gasteiger charge is 2.03. The third-order valence-corrected chi connectivity index (χ3v) is 1.53. The highest BCUT2D eigenvalue weighted by Crippen LogP contribution is 2.16. The Morgan fingerprint density at radius 1 is 1.67 bits per heavy atom. The van der Waals surface area contributed by atoms with Crippen molar-refractivity contribution in [3.05, 3.63) is 17.3 Å². The van der Waals surface area contributed by atoms with Crippen LogP contribution in [0.25, 0.3) is 0 Å². The molecule has 1 aromatic heterocycles. The number of hydrogen-bond donors (Lipinski definition) is 2. The Labute approximate surface area is 98.4 Å². The molecule has 0 saturated heterocycles. The van der Waals surface area contributed by atoms with Crippen molar-refractivity contribution in [2.75, 3.05) is 17.7 Å². The maximum absolute atomic E-state index is 11.0. The van der Waals surface area contributed by atoms with E-state index in [9.17, 15) is 4.79 Å². The van der Waals surface area contributed by atoms with E-state index in [-0.39, 0.29) is 23.4 Å². The largest absolute Gasteiger partial charge is 0.450 e. The molecule has 1 rings (SSSR count). The smallest absolute Gasteiger partial charge is 0.411 e. The molecule has 0 fully saturated rings. The summed E-state index contributed by atoms with van der Waals surface area (Å²) in [6.07, 6.45) is -0.547. The Hall–Kier alpha value is -1.20. The number of halogens is 2. The standard InChI is InChI=1S/C8H10ClN3O2.ClH/c1-2-14-8(13)11-5-3-6(9)12-7(10)4-5;/h3-4H,2H2,1H3,(H3,10,11,12,13);1H. The van der Waals surface area contributed by atoms with Gasteiger partial charge in [0.05, 0.1) is 12.3 Å². The average molecular weight is 252 g/mol. The third-order valence-electron chi connectivity index (χ3n) is 1.34. The predicted molar refractivity (Wildman–Crippen MR) is 61.6 cm³/mol. The Bertz CT molecular complexity index is 326. The van der Waals surface area contributed by atoms with E-state index in [1.807, 2.05) is 0 Å². The highest BCUT2D eigenvalue weighted by atomic mass is 35.5. The molecule has 0 aliphatic carbocycles. The molecule has 7 heteroatoms. The van der Waals surface area contributed by atoms with Gasteiger partial charge in [-0.3, -0.25) is 5.32 Å². The lowest BCUT2D eigenvalue weighted by Gasteiger charge is -2.05. The van der Waals surface area contributed by atoms with Crippen molar-refractivity contribution < 1.29 is 9.53 Å². The molecule has 0 bridgehead atoms. The van der Waals surface area contributed by atoms with Gasteiger partial charge in [-0.2, -0.15) is 0 Å². The number of aromatic nitrogens is 1. The summed E-state index contributed by atoms with van der Waals surface area (Å²) in [5.74, 6) is 0.240. The molecule has 1 aromatic rings. The van der Waals surface area contributed by atoms with Crippen LogP contribution in [-0.4, -0.2) is 17.7 Å². The van der Waals surface area contributed by atoms with Crippen LogP contribution in [0.1, 0.15) is 6.92 Å².